The number of nitrogens with zero attached hydrogens (tertiary/aromatic N) is 1. The lowest BCUT2D eigenvalue weighted by Crippen LogP contribution is -2.38. The standard InChI is InChI=1S/C10H19N.H2/c1-4-5-10-8-9(2)6-7-11(10)3;/h4,9-10H,1,5-8H2,2-3H3;1H. The fourth-order valence-corrected chi connectivity index (χ4v) is 1.84. The molecule has 1 rings (SSSR count). The summed E-state index contributed by atoms with van der Waals surface area (Å²) in [6, 6.07) is 0.760. The minimum atomic E-state index is 0. The highest BCUT2D eigenvalue weighted by Gasteiger charge is 2.21. The maximum absolute atomic E-state index is 3.79. The first-order chi connectivity index (χ1) is 5.24. The maximum Gasteiger partial charge on any atom is 0.0129 e. The van der Waals surface area contributed by atoms with Crippen molar-refractivity contribution in [3.63, 3.8) is 0 Å². The van der Waals surface area contributed by atoms with Crippen LogP contribution in [-0.2, 0) is 0 Å². The molecule has 11 heavy (non-hydrogen) atoms. The molecule has 0 aromatic rings. The van der Waals surface area contributed by atoms with Crippen molar-refractivity contribution in [3.05, 3.63) is 12.7 Å². The normalized spacial score (nSPS) is 33.6. The van der Waals surface area contributed by atoms with Crippen molar-refractivity contribution in [2.24, 2.45) is 5.92 Å². The zero-order valence-electron chi connectivity index (χ0n) is 7.71. The molecule has 0 spiro atoms. The molecule has 1 fully saturated rings. The molecule has 1 saturated heterocycles. The lowest BCUT2D eigenvalue weighted by atomic mass is 9.91. The minimum Gasteiger partial charge on any atom is -0.303 e. The van der Waals surface area contributed by atoms with Crippen LogP contribution in [0.2, 0.25) is 0 Å². The molecule has 0 N–H and O–H groups in total. The Labute approximate surface area is 71.6 Å². The molecule has 0 radical (unpaired) electrons. The van der Waals surface area contributed by atoms with Crippen LogP contribution < -0.4 is 0 Å². The van der Waals surface area contributed by atoms with Crippen molar-refractivity contribution in [3.8, 4) is 0 Å². The van der Waals surface area contributed by atoms with E-state index < -0.39 is 0 Å². The molecule has 0 aliphatic carbocycles. The zero-order chi connectivity index (χ0) is 8.27. The van der Waals surface area contributed by atoms with Crippen molar-refractivity contribution >= 4 is 0 Å². The summed E-state index contributed by atoms with van der Waals surface area (Å²) in [6.45, 7) is 7.40. The topological polar surface area (TPSA) is 3.24 Å². The average molecular weight is 155 g/mol. The summed E-state index contributed by atoms with van der Waals surface area (Å²) in [5.41, 5.74) is 0. The highest BCUT2D eigenvalue weighted by molar-refractivity contribution is 4.83. The molecule has 1 aliphatic rings. The second-order valence-corrected chi connectivity index (χ2v) is 3.79. The van der Waals surface area contributed by atoms with Gasteiger partial charge in [-0.3, -0.25) is 0 Å². The number of likely N-dealkylation sites (tertiary alicyclic amines) is 1. The lowest BCUT2D eigenvalue weighted by molar-refractivity contribution is 0.150. The molecule has 1 aliphatic heterocycles. The molecular weight excluding hydrogens is 134 g/mol. The molecule has 1 heteroatoms. The van der Waals surface area contributed by atoms with E-state index >= 15 is 0 Å². The summed E-state index contributed by atoms with van der Waals surface area (Å²) in [6.07, 6.45) is 5.91. The van der Waals surface area contributed by atoms with Gasteiger partial charge in [-0.1, -0.05) is 13.0 Å². The molecule has 2 unspecified atom stereocenters. The Kier molecular flexibility index (Phi) is 3.13. The van der Waals surface area contributed by atoms with E-state index in [1.165, 1.54) is 19.4 Å². The highest BCUT2D eigenvalue weighted by Crippen LogP contribution is 2.22. The third-order valence-electron chi connectivity index (χ3n) is 2.71. The van der Waals surface area contributed by atoms with Crippen molar-refractivity contribution in [2.75, 3.05) is 13.6 Å². The SMILES string of the molecule is C=CCC1CC(C)CCN1C.[HH]. The summed E-state index contributed by atoms with van der Waals surface area (Å²) in [7, 11) is 2.22. The smallest absolute Gasteiger partial charge is 0.0129 e. The Morgan fingerprint density at radius 2 is 2.45 bits per heavy atom. The summed E-state index contributed by atoms with van der Waals surface area (Å²) in [4.78, 5) is 2.46. The van der Waals surface area contributed by atoms with E-state index in [9.17, 15) is 0 Å². The van der Waals surface area contributed by atoms with E-state index in [1.54, 1.807) is 0 Å². The van der Waals surface area contributed by atoms with Gasteiger partial charge in [-0.05, 0) is 38.8 Å². The fourth-order valence-electron chi connectivity index (χ4n) is 1.84. The number of piperidine rings is 1. The molecular formula is C10H21N. The quantitative estimate of drug-likeness (QED) is 0.554. The van der Waals surface area contributed by atoms with Gasteiger partial charge >= 0.3 is 0 Å². The molecule has 0 aromatic carbocycles. The van der Waals surface area contributed by atoms with Crippen LogP contribution in [0.25, 0.3) is 0 Å². The largest absolute Gasteiger partial charge is 0.303 e. The maximum atomic E-state index is 3.79. The van der Waals surface area contributed by atoms with Gasteiger partial charge in [0, 0.05) is 7.47 Å². The third kappa shape index (κ3) is 2.33. The van der Waals surface area contributed by atoms with Gasteiger partial charge < -0.3 is 4.90 Å². The van der Waals surface area contributed by atoms with E-state index in [0.29, 0.717) is 0 Å². The van der Waals surface area contributed by atoms with Gasteiger partial charge in [0.05, 0.1) is 0 Å². The van der Waals surface area contributed by atoms with Crippen molar-refractivity contribution in [1.29, 1.82) is 0 Å². The Hall–Kier alpha value is -0.300. The number of hydrogen-bond acceptors (Lipinski definition) is 1. The van der Waals surface area contributed by atoms with Crippen LogP contribution in [-0.4, -0.2) is 24.5 Å². The van der Waals surface area contributed by atoms with Crippen LogP contribution in [0.3, 0.4) is 0 Å². The Bertz CT molecular complexity index is 136. The first-order valence-electron chi connectivity index (χ1n) is 4.55. The molecule has 0 aromatic heterocycles. The average Bonchev–Trinajstić information content (AvgIpc) is 1.98. The van der Waals surface area contributed by atoms with Crippen LogP contribution in [0.4, 0.5) is 0 Å². The van der Waals surface area contributed by atoms with Gasteiger partial charge in [0.1, 0.15) is 0 Å². The molecule has 0 bridgehead atoms. The minimum absolute atomic E-state index is 0. The molecule has 1 nitrogen and oxygen atoms in total. The van der Waals surface area contributed by atoms with Gasteiger partial charge in [-0.25, -0.2) is 0 Å². The molecule has 0 saturated carbocycles. The van der Waals surface area contributed by atoms with E-state index in [0.717, 1.165) is 18.4 Å². The van der Waals surface area contributed by atoms with Crippen LogP contribution in [0.1, 0.15) is 27.6 Å². The summed E-state index contributed by atoms with van der Waals surface area (Å²) in [5, 5.41) is 0. The molecule has 66 valence electrons. The van der Waals surface area contributed by atoms with Crippen molar-refractivity contribution in [1.82, 2.24) is 4.90 Å². The van der Waals surface area contributed by atoms with Gasteiger partial charge in [-0.2, -0.15) is 0 Å². The molecule has 1 heterocycles. The van der Waals surface area contributed by atoms with Crippen molar-refractivity contribution in [2.45, 2.75) is 32.2 Å². The Morgan fingerprint density at radius 1 is 1.73 bits per heavy atom. The molecule has 2 atom stereocenters. The lowest BCUT2D eigenvalue weighted by Gasteiger charge is -2.35. The highest BCUT2D eigenvalue weighted by atomic mass is 15.1. The second-order valence-electron chi connectivity index (χ2n) is 3.79. The first kappa shape index (κ1) is 8.79. The zero-order valence-corrected chi connectivity index (χ0v) is 7.71. The number of rotatable bonds is 2. The summed E-state index contributed by atoms with van der Waals surface area (Å²) >= 11 is 0. The van der Waals surface area contributed by atoms with Gasteiger partial charge in [0.2, 0.25) is 0 Å². The van der Waals surface area contributed by atoms with Gasteiger partial charge in [0.15, 0.2) is 0 Å². The van der Waals surface area contributed by atoms with Crippen LogP contribution in [0.15, 0.2) is 12.7 Å². The monoisotopic (exact) mass is 155 g/mol. The summed E-state index contributed by atoms with van der Waals surface area (Å²) < 4.78 is 0. The van der Waals surface area contributed by atoms with Gasteiger partial charge in [-0.15, -0.1) is 6.58 Å². The van der Waals surface area contributed by atoms with E-state index in [4.69, 9.17) is 0 Å². The molecule has 0 amide bonds. The van der Waals surface area contributed by atoms with Gasteiger partial charge in [0.25, 0.3) is 0 Å². The fraction of sp³-hybridized carbons (Fsp3) is 0.800. The predicted octanol–water partition coefficient (Wildman–Crippen LogP) is 2.54. The first-order valence-corrected chi connectivity index (χ1v) is 4.55. The summed E-state index contributed by atoms with van der Waals surface area (Å²) in [5.74, 6) is 0.913. The van der Waals surface area contributed by atoms with Crippen molar-refractivity contribution < 1.29 is 1.43 Å². The van der Waals surface area contributed by atoms with E-state index in [-0.39, 0.29) is 1.43 Å². The second kappa shape index (κ2) is 3.91. The van der Waals surface area contributed by atoms with Crippen LogP contribution >= 0.6 is 0 Å². The third-order valence-corrected chi connectivity index (χ3v) is 2.71. The van der Waals surface area contributed by atoms with Crippen LogP contribution in [0, 0.1) is 5.92 Å². The number of hydrogen-bond donors (Lipinski definition) is 0. The predicted molar refractivity (Wildman–Crippen MR) is 51.7 cm³/mol. The van der Waals surface area contributed by atoms with Crippen LogP contribution in [0.5, 0.6) is 0 Å². The van der Waals surface area contributed by atoms with E-state index in [2.05, 4.69) is 25.5 Å². The van der Waals surface area contributed by atoms with E-state index in [1.807, 2.05) is 6.08 Å². The Balaban J connectivity index is 0.00000121. The Morgan fingerprint density at radius 3 is 3.09 bits per heavy atom.